The predicted molar refractivity (Wildman–Crippen MR) is 52.3 cm³/mol. The third-order valence-electron chi connectivity index (χ3n) is 2.03. The summed E-state index contributed by atoms with van der Waals surface area (Å²) in [5, 5.41) is 7.22. The number of aromatic nitrogens is 2. The Labute approximate surface area is 83.7 Å². The predicted octanol–water partition coefficient (Wildman–Crippen LogP) is 0.440. The van der Waals surface area contributed by atoms with E-state index in [1.165, 1.54) is 0 Å². The molecule has 1 aromatic rings. The minimum absolute atomic E-state index is 0. The average molecular weight is 204 g/mol. The fourth-order valence-electron chi connectivity index (χ4n) is 1.15. The van der Waals surface area contributed by atoms with Gasteiger partial charge in [-0.3, -0.25) is 4.68 Å². The molecule has 0 spiro atoms. The molecule has 0 bridgehead atoms. The van der Waals surface area contributed by atoms with Crippen LogP contribution in [0.4, 0.5) is 0 Å². The highest BCUT2D eigenvalue weighted by molar-refractivity contribution is 5.85. The van der Waals surface area contributed by atoms with Crippen molar-refractivity contribution in [3.63, 3.8) is 0 Å². The zero-order chi connectivity index (χ0) is 8.39. The summed E-state index contributed by atoms with van der Waals surface area (Å²) in [6.45, 7) is 2.97. The molecule has 1 fully saturated rings. The van der Waals surface area contributed by atoms with Crippen LogP contribution in [0.2, 0.25) is 0 Å². The second-order valence-electron chi connectivity index (χ2n) is 3.18. The number of nitrogens with zero attached hydrogens (tertiary/aromatic N) is 2. The van der Waals surface area contributed by atoms with Gasteiger partial charge in [-0.1, -0.05) is 0 Å². The largest absolute Gasteiger partial charge is 0.490 e. The van der Waals surface area contributed by atoms with Gasteiger partial charge in [0.15, 0.2) is 5.75 Å². The lowest BCUT2D eigenvalue weighted by Crippen LogP contribution is -2.45. The van der Waals surface area contributed by atoms with Gasteiger partial charge < -0.3 is 10.1 Å². The van der Waals surface area contributed by atoms with Crippen LogP contribution in [0, 0.1) is 5.92 Å². The van der Waals surface area contributed by atoms with Gasteiger partial charge in [-0.2, -0.15) is 5.10 Å². The number of hydrogen-bond donors (Lipinski definition) is 1. The molecule has 5 heteroatoms. The van der Waals surface area contributed by atoms with Crippen molar-refractivity contribution in [3.8, 4) is 5.75 Å². The summed E-state index contributed by atoms with van der Waals surface area (Å²) in [5.41, 5.74) is 0. The Bertz CT molecular complexity index is 260. The van der Waals surface area contributed by atoms with Crippen LogP contribution in [0.5, 0.6) is 5.75 Å². The highest BCUT2D eigenvalue weighted by atomic mass is 35.5. The van der Waals surface area contributed by atoms with Gasteiger partial charge in [0.05, 0.1) is 19.0 Å². The van der Waals surface area contributed by atoms with Gasteiger partial charge in [-0.15, -0.1) is 12.4 Å². The minimum atomic E-state index is 0. The van der Waals surface area contributed by atoms with Crippen LogP contribution in [0.3, 0.4) is 0 Å². The molecule has 1 aliphatic rings. The van der Waals surface area contributed by atoms with Crippen molar-refractivity contribution in [2.45, 2.75) is 0 Å². The van der Waals surface area contributed by atoms with Crippen LogP contribution in [-0.2, 0) is 7.05 Å². The molecule has 0 saturated carbocycles. The average Bonchev–Trinajstić information content (AvgIpc) is 2.32. The normalized spacial score (nSPS) is 16.1. The highest BCUT2D eigenvalue weighted by Crippen LogP contribution is 2.10. The van der Waals surface area contributed by atoms with Crippen LogP contribution in [0.15, 0.2) is 12.4 Å². The lowest BCUT2D eigenvalue weighted by molar-refractivity contribution is 0.199. The molecular weight excluding hydrogens is 190 g/mol. The van der Waals surface area contributed by atoms with E-state index in [0.717, 1.165) is 25.4 Å². The summed E-state index contributed by atoms with van der Waals surface area (Å²) in [5.74, 6) is 1.55. The van der Waals surface area contributed by atoms with E-state index in [1.54, 1.807) is 10.9 Å². The minimum Gasteiger partial charge on any atom is -0.490 e. The second-order valence-corrected chi connectivity index (χ2v) is 3.18. The molecule has 0 atom stereocenters. The van der Waals surface area contributed by atoms with E-state index in [9.17, 15) is 0 Å². The first kappa shape index (κ1) is 10.3. The molecule has 0 radical (unpaired) electrons. The van der Waals surface area contributed by atoms with Crippen molar-refractivity contribution in [3.05, 3.63) is 12.4 Å². The highest BCUT2D eigenvalue weighted by Gasteiger charge is 2.17. The Morgan fingerprint density at radius 1 is 1.69 bits per heavy atom. The molecule has 1 saturated heterocycles. The van der Waals surface area contributed by atoms with Gasteiger partial charge in [0.25, 0.3) is 0 Å². The SMILES string of the molecule is Cl.Cn1cc(OCC2CNC2)cn1. The first-order valence-electron chi connectivity index (χ1n) is 4.17. The first-order valence-corrected chi connectivity index (χ1v) is 4.17. The summed E-state index contributed by atoms with van der Waals surface area (Å²) in [6, 6.07) is 0. The molecule has 4 nitrogen and oxygen atoms in total. The molecule has 0 unspecified atom stereocenters. The van der Waals surface area contributed by atoms with Gasteiger partial charge in [0, 0.05) is 26.1 Å². The molecule has 1 aromatic heterocycles. The molecule has 1 aliphatic heterocycles. The van der Waals surface area contributed by atoms with Gasteiger partial charge in [0.1, 0.15) is 0 Å². The standard InChI is InChI=1S/C8H13N3O.ClH/c1-11-5-8(4-10-11)12-6-7-2-9-3-7;/h4-5,7,9H,2-3,6H2,1H3;1H. The Morgan fingerprint density at radius 3 is 2.92 bits per heavy atom. The summed E-state index contributed by atoms with van der Waals surface area (Å²) < 4.78 is 7.25. The lowest BCUT2D eigenvalue weighted by Gasteiger charge is -2.26. The molecule has 0 aliphatic carbocycles. The van der Waals surface area contributed by atoms with Gasteiger partial charge in [-0.05, 0) is 0 Å². The maximum atomic E-state index is 5.51. The smallest absolute Gasteiger partial charge is 0.157 e. The van der Waals surface area contributed by atoms with Gasteiger partial charge >= 0.3 is 0 Å². The van der Waals surface area contributed by atoms with Crippen molar-refractivity contribution in [1.29, 1.82) is 0 Å². The van der Waals surface area contributed by atoms with Crippen molar-refractivity contribution < 1.29 is 4.74 Å². The molecule has 0 amide bonds. The number of rotatable bonds is 3. The summed E-state index contributed by atoms with van der Waals surface area (Å²) >= 11 is 0. The van der Waals surface area contributed by atoms with Crippen LogP contribution < -0.4 is 10.1 Å². The molecule has 1 N–H and O–H groups in total. The summed E-state index contributed by atoms with van der Waals surface area (Å²) in [7, 11) is 1.89. The van der Waals surface area contributed by atoms with Crippen molar-refractivity contribution >= 4 is 12.4 Å². The fourth-order valence-corrected chi connectivity index (χ4v) is 1.15. The molecule has 13 heavy (non-hydrogen) atoms. The van der Waals surface area contributed by atoms with Crippen LogP contribution >= 0.6 is 12.4 Å². The zero-order valence-corrected chi connectivity index (χ0v) is 8.38. The second kappa shape index (κ2) is 4.48. The monoisotopic (exact) mass is 203 g/mol. The van der Waals surface area contributed by atoms with Crippen LogP contribution in [0.1, 0.15) is 0 Å². The number of halogens is 1. The molecule has 0 aromatic carbocycles. The van der Waals surface area contributed by atoms with E-state index in [2.05, 4.69) is 10.4 Å². The maximum absolute atomic E-state index is 5.51. The zero-order valence-electron chi connectivity index (χ0n) is 7.56. The number of ether oxygens (including phenoxy) is 1. The van der Waals surface area contributed by atoms with Gasteiger partial charge in [-0.25, -0.2) is 0 Å². The van der Waals surface area contributed by atoms with Crippen LogP contribution in [0.25, 0.3) is 0 Å². The summed E-state index contributed by atoms with van der Waals surface area (Å²) in [6.07, 6.45) is 3.62. The Morgan fingerprint density at radius 2 is 2.46 bits per heavy atom. The van der Waals surface area contributed by atoms with Crippen LogP contribution in [-0.4, -0.2) is 29.5 Å². The molecule has 74 valence electrons. The Balaban J connectivity index is 0.000000845. The Kier molecular flexibility index (Phi) is 3.57. The summed E-state index contributed by atoms with van der Waals surface area (Å²) in [4.78, 5) is 0. The van der Waals surface area contributed by atoms with Crippen molar-refractivity contribution in [2.75, 3.05) is 19.7 Å². The molecular formula is C8H14ClN3O. The fraction of sp³-hybridized carbons (Fsp3) is 0.625. The van der Waals surface area contributed by atoms with E-state index in [4.69, 9.17) is 4.74 Å². The molecule has 2 heterocycles. The van der Waals surface area contributed by atoms with E-state index in [-0.39, 0.29) is 12.4 Å². The Hall–Kier alpha value is -0.740. The molecule has 2 rings (SSSR count). The van der Waals surface area contributed by atoms with Crippen molar-refractivity contribution in [1.82, 2.24) is 15.1 Å². The number of aryl methyl sites for hydroxylation is 1. The number of hydrogen-bond acceptors (Lipinski definition) is 3. The van der Waals surface area contributed by atoms with E-state index < -0.39 is 0 Å². The quantitative estimate of drug-likeness (QED) is 0.775. The number of nitrogens with one attached hydrogen (secondary N) is 1. The third kappa shape index (κ3) is 2.60. The maximum Gasteiger partial charge on any atom is 0.157 e. The third-order valence-corrected chi connectivity index (χ3v) is 2.03. The van der Waals surface area contributed by atoms with E-state index in [1.807, 2.05) is 13.2 Å². The lowest BCUT2D eigenvalue weighted by atomic mass is 10.1. The van der Waals surface area contributed by atoms with E-state index >= 15 is 0 Å². The van der Waals surface area contributed by atoms with Crippen molar-refractivity contribution in [2.24, 2.45) is 13.0 Å². The van der Waals surface area contributed by atoms with Gasteiger partial charge in [0.2, 0.25) is 0 Å². The first-order chi connectivity index (χ1) is 5.84. The topological polar surface area (TPSA) is 39.1 Å². The van der Waals surface area contributed by atoms with E-state index in [0.29, 0.717) is 5.92 Å².